The maximum atomic E-state index is 12.2. The van der Waals surface area contributed by atoms with Crippen LogP contribution in [0.15, 0.2) is 12.3 Å². The van der Waals surface area contributed by atoms with Crippen LogP contribution in [0.2, 0.25) is 0 Å². The molecule has 0 aliphatic carbocycles. The maximum Gasteiger partial charge on any atom is 0.306 e. The molecule has 0 spiro atoms. The van der Waals surface area contributed by atoms with E-state index in [1.807, 2.05) is 14.1 Å². The van der Waals surface area contributed by atoms with Crippen LogP contribution in [0.1, 0.15) is 103 Å². The highest BCUT2D eigenvalue weighted by molar-refractivity contribution is 5.69. The summed E-state index contributed by atoms with van der Waals surface area (Å²) in [5, 5.41) is 17.8. The van der Waals surface area contributed by atoms with E-state index in [2.05, 4.69) is 11.5 Å². The van der Waals surface area contributed by atoms with Crippen molar-refractivity contribution in [1.29, 1.82) is 0 Å². The van der Waals surface area contributed by atoms with Crippen LogP contribution in [0.5, 0.6) is 0 Å². The van der Waals surface area contributed by atoms with Gasteiger partial charge in [-0.25, -0.2) is 0 Å². The van der Waals surface area contributed by atoms with Gasteiger partial charge in [0.25, 0.3) is 0 Å². The van der Waals surface area contributed by atoms with Gasteiger partial charge in [-0.2, -0.15) is 0 Å². The number of unbranched alkanes of at least 4 members (excludes halogenated alkanes) is 8. The highest BCUT2D eigenvalue weighted by atomic mass is 16.5. The second kappa shape index (κ2) is 19.4. The van der Waals surface area contributed by atoms with Crippen LogP contribution in [0.4, 0.5) is 0 Å². The van der Waals surface area contributed by atoms with E-state index in [4.69, 9.17) is 14.9 Å². The van der Waals surface area contributed by atoms with Crippen molar-refractivity contribution in [3.05, 3.63) is 12.3 Å². The zero-order chi connectivity index (χ0) is 22.6. The third kappa shape index (κ3) is 21.2. The Balaban J connectivity index is 4.10. The Morgan fingerprint density at radius 3 is 1.77 bits per heavy atom. The number of ether oxygens (including phenoxy) is 1. The fraction of sp³-hybridized carbons (Fsp3) is 0.833. The average molecular weight is 428 g/mol. The molecule has 0 aromatic heterocycles. The number of rotatable bonds is 21. The number of aliphatic hydroxyl groups excluding tert-OH is 1. The van der Waals surface area contributed by atoms with E-state index in [0.717, 1.165) is 90.0 Å². The first kappa shape index (κ1) is 28.4. The van der Waals surface area contributed by atoms with Crippen molar-refractivity contribution in [3.8, 4) is 0 Å². The van der Waals surface area contributed by atoms with Gasteiger partial charge in [0.2, 0.25) is 0 Å². The summed E-state index contributed by atoms with van der Waals surface area (Å²) in [5.41, 5.74) is 0. The zero-order valence-electron chi connectivity index (χ0n) is 19.4. The number of carbonyl (C=O) groups is 2. The third-order valence-electron chi connectivity index (χ3n) is 5.19. The Hall–Kier alpha value is -1.56. The zero-order valence-corrected chi connectivity index (χ0v) is 19.4. The molecule has 1 atom stereocenters. The van der Waals surface area contributed by atoms with Crippen LogP contribution >= 0.6 is 0 Å². The number of nitrogens with zero attached hydrogens (tertiary/aromatic N) is 1. The summed E-state index contributed by atoms with van der Waals surface area (Å²) < 4.78 is 5.77. The predicted molar refractivity (Wildman–Crippen MR) is 122 cm³/mol. The Kier molecular flexibility index (Phi) is 18.4. The number of allylic oxidation sites excluding steroid dienone is 1. The number of carbonyl (C=O) groups excluding carboxylic acids is 1. The summed E-state index contributed by atoms with van der Waals surface area (Å²) in [4.78, 5) is 24.8. The van der Waals surface area contributed by atoms with E-state index >= 15 is 0 Å². The molecule has 0 heterocycles. The van der Waals surface area contributed by atoms with Crippen LogP contribution in [-0.2, 0) is 14.3 Å². The van der Waals surface area contributed by atoms with Gasteiger partial charge < -0.3 is 19.8 Å². The Bertz CT molecular complexity index is 437. The first-order valence-corrected chi connectivity index (χ1v) is 11.7. The molecule has 176 valence electrons. The topological polar surface area (TPSA) is 87.1 Å². The molecule has 0 bridgehead atoms. The van der Waals surface area contributed by atoms with Crippen molar-refractivity contribution in [2.24, 2.45) is 0 Å². The van der Waals surface area contributed by atoms with Gasteiger partial charge in [-0.15, -0.1) is 0 Å². The first-order chi connectivity index (χ1) is 14.3. The number of esters is 1. The van der Waals surface area contributed by atoms with E-state index in [1.54, 1.807) is 0 Å². The molecule has 0 fully saturated rings. The number of carboxylic acid groups (broad SMARTS) is 1. The molecule has 2 N–H and O–H groups in total. The summed E-state index contributed by atoms with van der Waals surface area (Å²) in [6.07, 6.45) is 14.1. The summed E-state index contributed by atoms with van der Waals surface area (Å²) in [5.74, 6) is -0.554. The lowest BCUT2D eigenvalue weighted by Crippen LogP contribution is -2.20. The molecule has 0 radical (unpaired) electrons. The molecule has 0 aromatic rings. The van der Waals surface area contributed by atoms with Gasteiger partial charge in [0.05, 0.1) is 5.76 Å². The molecule has 30 heavy (non-hydrogen) atoms. The molecule has 0 rings (SSSR count). The number of aliphatic hydroxyl groups is 1. The standard InChI is InChI=1S/C24H45NO5/c1-21(26)15-10-6-4-7-11-16-22(30-24(29)19-14-20-25(2)3)17-12-8-5-9-13-18-23(27)28/h22,26H,1,4-20H2,2-3H3,(H,27,28). The molecule has 1 unspecified atom stereocenters. The smallest absolute Gasteiger partial charge is 0.306 e. The third-order valence-corrected chi connectivity index (χ3v) is 5.19. The molecule has 6 nitrogen and oxygen atoms in total. The lowest BCUT2D eigenvalue weighted by Gasteiger charge is -2.18. The lowest BCUT2D eigenvalue weighted by atomic mass is 10.0. The normalized spacial score (nSPS) is 12.1. The van der Waals surface area contributed by atoms with Crippen molar-refractivity contribution in [2.75, 3.05) is 20.6 Å². The van der Waals surface area contributed by atoms with Gasteiger partial charge >= 0.3 is 11.9 Å². The van der Waals surface area contributed by atoms with Crippen molar-refractivity contribution in [1.82, 2.24) is 4.90 Å². The fourth-order valence-corrected chi connectivity index (χ4v) is 3.46. The highest BCUT2D eigenvalue weighted by Crippen LogP contribution is 2.18. The van der Waals surface area contributed by atoms with E-state index in [-0.39, 0.29) is 24.3 Å². The van der Waals surface area contributed by atoms with E-state index in [1.165, 1.54) is 0 Å². The molecule has 0 saturated carbocycles. The Labute approximate surface area is 183 Å². The summed E-state index contributed by atoms with van der Waals surface area (Å²) in [7, 11) is 4.00. The van der Waals surface area contributed by atoms with Gasteiger partial charge in [-0.1, -0.05) is 45.1 Å². The quantitative estimate of drug-likeness (QED) is 0.136. The molecule has 0 aliphatic heterocycles. The van der Waals surface area contributed by atoms with Crippen LogP contribution in [0, 0.1) is 0 Å². The minimum Gasteiger partial charge on any atom is -0.513 e. The lowest BCUT2D eigenvalue weighted by molar-refractivity contribution is -0.150. The van der Waals surface area contributed by atoms with Crippen molar-refractivity contribution >= 4 is 11.9 Å². The minimum atomic E-state index is -0.725. The summed E-state index contributed by atoms with van der Waals surface area (Å²) in [6.45, 7) is 4.39. The molecule has 0 aliphatic rings. The van der Waals surface area contributed by atoms with E-state index < -0.39 is 5.97 Å². The van der Waals surface area contributed by atoms with E-state index in [0.29, 0.717) is 12.8 Å². The van der Waals surface area contributed by atoms with Crippen LogP contribution in [-0.4, -0.2) is 53.8 Å². The molecule has 6 heteroatoms. The average Bonchev–Trinajstić information content (AvgIpc) is 2.65. The van der Waals surface area contributed by atoms with Gasteiger partial charge in [0.15, 0.2) is 0 Å². The second-order valence-corrected chi connectivity index (χ2v) is 8.59. The van der Waals surface area contributed by atoms with Crippen LogP contribution in [0.3, 0.4) is 0 Å². The second-order valence-electron chi connectivity index (χ2n) is 8.59. The van der Waals surface area contributed by atoms with Gasteiger partial charge in [0, 0.05) is 19.3 Å². The minimum absolute atomic E-state index is 0.00639. The Morgan fingerprint density at radius 2 is 1.27 bits per heavy atom. The van der Waals surface area contributed by atoms with Crippen LogP contribution < -0.4 is 0 Å². The van der Waals surface area contributed by atoms with Gasteiger partial charge in [0.1, 0.15) is 6.10 Å². The number of aliphatic carboxylic acids is 1. The van der Waals surface area contributed by atoms with Gasteiger partial charge in [-0.3, -0.25) is 9.59 Å². The van der Waals surface area contributed by atoms with Crippen molar-refractivity contribution in [3.63, 3.8) is 0 Å². The predicted octanol–water partition coefficient (Wildman–Crippen LogP) is 5.86. The van der Waals surface area contributed by atoms with Gasteiger partial charge in [-0.05, 0) is 65.6 Å². The molecular weight excluding hydrogens is 382 g/mol. The van der Waals surface area contributed by atoms with Crippen molar-refractivity contribution < 1.29 is 24.5 Å². The molecule has 0 aromatic carbocycles. The van der Waals surface area contributed by atoms with Crippen molar-refractivity contribution in [2.45, 2.75) is 109 Å². The Morgan fingerprint density at radius 1 is 0.767 bits per heavy atom. The SMILES string of the molecule is C=C(O)CCCCCCCC(CCCCCCCC(=O)O)OC(=O)CCCN(C)C. The molecule has 0 saturated heterocycles. The first-order valence-electron chi connectivity index (χ1n) is 11.7. The number of hydrogen-bond acceptors (Lipinski definition) is 5. The number of carboxylic acids is 1. The van der Waals surface area contributed by atoms with E-state index in [9.17, 15) is 9.59 Å². The summed E-state index contributed by atoms with van der Waals surface area (Å²) in [6, 6.07) is 0. The fourth-order valence-electron chi connectivity index (χ4n) is 3.46. The largest absolute Gasteiger partial charge is 0.513 e. The maximum absolute atomic E-state index is 12.2. The number of hydrogen-bond donors (Lipinski definition) is 2. The van der Waals surface area contributed by atoms with Crippen LogP contribution in [0.25, 0.3) is 0 Å². The molecular formula is C24H45NO5. The highest BCUT2D eigenvalue weighted by Gasteiger charge is 2.14. The molecule has 0 amide bonds. The summed E-state index contributed by atoms with van der Waals surface area (Å²) >= 11 is 0. The monoisotopic (exact) mass is 427 g/mol.